The summed E-state index contributed by atoms with van der Waals surface area (Å²) in [5.41, 5.74) is 6.71. The van der Waals surface area contributed by atoms with E-state index >= 15 is 0 Å². The molecule has 0 bridgehead atoms. The van der Waals surface area contributed by atoms with E-state index in [1.807, 2.05) is 12.1 Å². The third-order valence-corrected chi connectivity index (χ3v) is 5.37. The first-order valence-corrected chi connectivity index (χ1v) is 8.58. The van der Waals surface area contributed by atoms with Gasteiger partial charge in [0.15, 0.2) is 0 Å². The Morgan fingerprint density at radius 3 is 2.12 bits per heavy atom. The van der Waals surface area contributed by atoms with Crippen LogP contribution in [0.4, 0.5) is 5.82 Å². The van der Waals surface area contributed by atoms with Crippen molar-refractivity contribution in [2.45, 2.75) is 9.79 Å². The van der Waals surface area contributed by atoms with Crippen molar-refractivity contribution in [3.05, 3.63) is 72.4 Å². The Balaban J connectivity index is 2.37. The van der Waals surface area contributed by atoms with E-state index < -0.39 is 9.84 Å². The van der Waals surface area contributed by atoms with Gasteiger partial charge in [-0.1, -0.05) is 48.5 Å². The van der Waals surface area contributed by atoms with Gasteiger partial charge in [0, 0.05) is 11.8 Å². The van der Waals surface area contributed by atoms with Crippen LogP contribution in [0.15, 0.2) is 76.7 Å². The van der Waals surface area contributed by atoms with Crippen molar-refractivity contribution >= 4 is 15.7 Å². The summed E-state index contributed by atoms with van der Waals surface area (Å²) in [5.74, 6) is 0.00312. The molecular weight excluding hydrogens is 322 g/mol. The molecule has 2 aromatic carbocycles. The Morgan fingerprint density at radius 1 is 0.958 bits per heavy atom. The SMILES string of the molecule is N#Cc1c(N)ncc(S(=O)(=O)c2ccccc2)c1-c1ccccc1. The van der Waals surface area contributed by atoms with Gasteiger partial charge in [-0.25, -0.2) is 13.4 Å². The zero-order chi connectivity index (χ0) is 17.2. The molecule has 2 N–H and O–H groups in total. The molecule has 0 atom stereocenters. The fourth-order valence-electron chi connectivity index (χ4n) is 2.44. The number of rotatable bonds is 3. The highest BCUT2D eigenvalue weighted by Gasteiger charge is 2.26. The van der Waals surface area contributed by atoms with Crippen LogP contribution >= 0.6 is 0 Å². The van der Waals surface area contributed by atoms with Crippen LogP contribution in [-0.4, -0.2) is 13.4 Å². The molecule has 0 saturated heterocycles. The standard InChI is InChI=1S/C18H13N3O2S/c19-11-15-17(13-7-3-1-4-8-13)16(12-21-18(15)20)24(22,23)14-9-5-2-6-10-14/h1-10,12H,(H2,20,21). The Labute approximate surface area is 139 Å². The summed E-state index contributed by atoms with van der Waals surface area (Å²) in [4.78, 5) is 4.00. The summed E-state index contributed by atoms with van der Waals surface area (Å²) in [7, 11) is -3.84. The number of nitrogens with zero attached hydrogens (tertiary/aromatic N) is 2. The summed E-state index contributed by atoms with van der Waals surface area (Å²) < 4.78 is 26.0. The van der Waals surface area contributed by atoms with Crippen molar-refractivity contribution < 1.29 is 8.42 Å². The first kappa shape index (κ1) is 15.7. The van der Waals surface area contributed by atoms with Crippen molar-refractivity contribution in [1.82, 2.24) is 4.98 Å². The molecule has 0 amide bonds. The van der Waals surface area contributed by atoms with Crippen molar-refractivity contribution in [3.8, 4) is 17.2 Å². The average Bonchev–Trinajstić information content (AvgIpc) is 2.62. The maximum absolute atomic E-state index is 13.0. The lowest BCUT2D eigenvalue weighted by atomic mass is 10.0. The fourth-order valence-corrected chi connectivity index (χ4v) is 3.89. The minimum atomic E-state index is -3.84. The number of aromatic nitrogens is 1. The lowest BCUT2D eigenvalue weighted by Gasteiger charge is -2.13. The summed E-state index contributed by atoms with van der Waals surface area (Å²) in [6, 6.07) is 18.8. The second kappa shape index (κ2) is 6.14. The first-order valence-electron chi connectivity index (χ1n) is 7.10. The Morgan fingerprint density at radius 2 is 1.54 bits per heavy atom. The maximum atomic E-state index is 13.0. The molecule has 1 heterocycles. The van der Waals surface area contributed by atoms with Gasteiger partial charge < -0.3 is 5.73 Å². The highest BCUT2D eigenvalue weighted by Crippen LogP contribution is 2.35. The van der Waals surface area contributed by atoms with Gasteiger partial charge in [-0.2, -0.15) is 5.26 Å². The largest absolute Gasteiger partial charge is 0.383 e. The van der Waals surface area contributed by atoms with Crippen LogP contribution in [0.1, 0.15) is 5.56 Å². The third-order valence-electron chi connectivity index (χ3n) is 3.59. The number of pyridine rings is 1. The van der Waals surface area contributed by atoms with Gasteiger partial charge in [0.1, 0.15) is 17.5 Å². The van der Waals surface area contributed by atoms with Crippen molar-refractivity contribution in [1.29, 1.82) is 5.26 Å². The molecule has 5 nitrogen and oxygen atoms in total. The predicted octanol–water partition coefficient (Wildman–Crippen LogP) is 3.04. The number of nitrogens with two attached hydrogens (primary N) is 1. The number of hydrogen-bond acceptors (Lipinski definition) is 5. The molecular formula is C18H13N3O2S. The molecule has 0 aliphatic heterocycles. The highest BCUT2D eigenvalue weighted by molar-refractivity contribution is 7.91. The summed E-state index contributed by atoms with van der Waals surface area (Å²) >= 11 is 0. The van der Waals surface area contributed by atoms with Crippen LogP contribution in [0.5, 0.6) is 0 Å². The number of sulfone groups is 1. The number of hydrogen-bond donors (Lipinski definition) is 1. The maximum Gasteiger partial charge on any atom is 0.208 e. The normalized spacial score (nSPS) is 11.0. The van der Waals surface area contributed by atoms with Crippen LogP contribution < -0.4 is 5.73 Å². The number of anilines is 1. The molecule has 1 aromatic heterocycles. The zero-order valence-corrected chi connectivity index (χ0v) is 13.4. The van der Waals surface area contributed by atoms with E-state index in [-0.39, 0.29) is 26.7 Å². The second-order valence-corrected chi connectivity index (χ2v) is 6.97. The molecule has 0 aliphatic carbocycles. The first-order chi connectivity index (χ1) is 11.6. The van der Waals surface area contributed by atoms with Gasteiger partial charge >= 0.3 is 0 Å². The molecule has 0 aliphatic rings. The topological polar surface area (TPSA) is 96.8 Å². The lowest BCUT2D eigenvalue weighted by molar-refractivity contribution is 0.596. The summed E-state index contributed by atoms with van der Waals surface area (Å²) in [5, 5.41) is 9.46. The van der Waals surface area contributed by atoms with Crippen molar-refractivity contribution in [2.75, 3.05) is 5.73 Å². The van der Waals surface area contributed by atoms with Gasteiger partial charge in [0.25, 0.3) is 0 Å². The molecule has 3 rings (SSSR count). The van der Waals surface area contributed by atoms with Gasteiger partial charge in [0.2, 0.25) is 9.84 Å². The van der Waals surface area contributed by atoms with Gasteiger partial charge in [-0.05, 0) is 17.7 Å². The van der Waals surface area contributed by atoms with Crippen LogP contribution in [0.25, 0.3) is 11.1 Å². The van der Waals surface area contributed by atoms with E-state index in [1.54, 1.807) is 42.5 Å². The van der Waals surface area contributed by atoms with E-state index in [4.69, 9.17) is 5.73 Å². The molecule has 0 fully saturated rings. The van der Waals surface area contributed by atoms with Gasteiger partial charge in [0.05, 0.1) is 9.79 Å². The predicted molar refractivity (Wildman–Crippen MR) is 90.7 cm³/mol. The zero-order valence-electron chi connectivity index (χ0n) is 12.5. The van der Waals surface area contributed by atoms with Crippen molar-refractivity contribution in [3.63, 3.8) is 0 Å². The molecule has 0 spiro atoms. The van der Waals surface area contributed by atoms with Gasteiger partial charge in [-0.15, -0.1) is 0 Å². The Kier molecular flexibility index (Phi) is 4.02. The third kappa shape index (κ3) is 2.62. The van der Waals surface area contributed by atoms with E-state index in [9.17, 15) is 13.7 Å². The quantitative estimate of drug-likeness (QED) is 0.793. The van der Waals surface area contributed by atoms with E-state index in [2.05, 4.69) is 4.98 Å². The van der Waals surface area contributed by atoms with Crippen molar-refractivity contribution in [2.24, 2.45) is 0 Å². The van der Waals surface area contributed by atoms with Gasteiger partial charge in [-0.3, -0.25) is 0 Å². The Bertz CT molecular complexity index is 1030. The summed E-state index contributed by atoms with van der Waals surface area (Å²) in [6.45, 7) is 0. The van der Waals surface area contributed by atoms with Crippen LogP contribution in [0.2, 0.25) is 0 Å². The molecule has 0 radical (unpaired) electrons. The molecule has 3 aromatic rings. The minimum absolute atomic E-state index is 0.00312. The number of benzene rings is 2. The fraction of sp³-hybridized carbons (Fsp3) is 0. The average molecular weight is 335 g/mol. The minimum Gasteiger partial charge on any atom is -0.383 e. The number of nitriles is 1. The van der Waals surface area contributed by atoms with E-state index in [0.717, 1.165) is 0 Å². The Hall–Kier alpha value is -3.17. The van der Waals surface area contributed by atoms with Crippen LogP contribution in [0, 0.1) is 11.3 Å². The van der Waals surface area contributed by atoms with E-state index in [1.165, 1.54) is 18.3 Å². The van der Waals surface area contributed by atoms with E-state index in [0.29, 0.717) is 5.56 Å². The molecule has 0 unspecified atom stereocenters. The van der Waals surface area contributed by atoms with Crippen LogP contribution in [-0.2, 0) is 9.84 Å². The molecule has 24 heavy (non-hydrogen) atoms. The molecule has 118 valence electrons. The second-order valence-electron chi connectivity index (χ2n) is 5.05. The smallest absolute Gasteiger partial charge is 0.208 e. The number of nitrogen functional groups attached to an aromatic ring is 1. The molecule has 0 saturated carbocycles. The summed E-state index contributed by atoms with van der Waals surface area (Å²) in [6.07, 6.45) is 1.21. The lowest BCUT2D eigenvalue weighted by Crippen LogP contribution is -2.08. The highest BCUT2D eigenvalue weighted by atomic mass is 32.2. The van der Waals surface area contributed by atoms with Crippen LogP contribution in [0.3, 0.4) is 0 Å². The molecule has 6 heteroatoms. The monoisotopic (exact) mass is 335 g/mol.